The van der Waals surface area contributed by atoms with E-state index in [1.807, 2.05) is 6.92 Å². The average molecular weight is 512 g/mol. The van der Waals surface area contributed by atoms with Gasteiger partial charge in [0, 0.05) is 89.1 Å². The molecular formula is C27H45NO8. The van der Waals surface area contributed by atoms with Crippen LogP contribution in [0.2, 0.25) is 0 Å². The second kappa shape index (κ2) is 8.32. The highest BCUT2D eigenvalue weighted by Crippen LogP contribution is 2.80. The lowest BCUT2D eigenvalue weighted by atomic mass is 9.42. The van der Waals surface area contributed by atoms with Gasteiger partial charge in [-0.25, -0.2) is 0 Å². The maximum absolute atomic E-state index is 12.0. The molecule has 5 aliphatic carbocycles. The highest BCUT2D eigenvalue weighted by Gasteiger charge is 2.89. The largest absolute Gasteiger partial charge is 0.392 e. The zero-order chi connectivity index (χ0) is 25.8. The molecule has 6 rings (SSSR count). The van der Waals surface area contributed by atoms with Crippen LogP contribution in [-0.2, 0) is 23.7 Å². The van der Waals surface area contributed by atoms with E-state index in [-0.39, 0.29) is 41.9 Å². The van der Waals surface area contributed by atoms with Gasteiger partial charge in [0.1, 0.15) is 5.60 Å². The van der Waals surface area contributed by atoms with Crippen LogP contribution < -0.4 is 0 Å². The smallest absolute Gasteiger partial charge is 0.117 e. The van der Waals surface area contributed by atoms with Gasteiger partial charge in [0.25, 0.3) is 0 Å². The zero-order valence-corrected chi connectivity index (χ0v) is 22.6. The summed E-state index contributed by atoms with van der Waals surface area (Å²) >= 11 is 0. The van der Waals surface area contributed by atoms with E-state index in [9.17, 15) is 15.3 Å². The van der Waals surface area contributed by atoms with Crippen molar-refractivity contribution in [1.29, 1.82) is 0 Å². The van der Waals surface area contributed by atoms with Crippen LogP contribution in [0.3, 0.4) is 0 Å². The predicted octanol–water partition coefficient (Wildman–Crippen LogP) is 0.286. The van der Waals surface area contributed by atoms with E-state index in [0.29, 0.717) is 39.0 Å². The Kier molecular flexibility index (Phi) is 5.98. The molecule has 206 valence electrons. The molecule has 9 heteroatoms. The van der Waals surface area contributed by atoms with E-state index in [0.717, 1.165) is 6.54 Å². The number of rotatable bonds is 8. The number of piperidine rings is 1. The third-order valence-electron chi connectivity index (χ3n) is 12.0. The molecule has 3 N–H and O–H groups in total. The van der Waals surface area contributed by atoms with Crippen LogP contribution in [0, 0.1) is 34.5 Å². The molecule has 0 amide bonds. The summed E-state index contributed by atoms with van der Waals surface area (Å²) < 4.78 is 31.4. The molecule has 1 aliphatic heterocycles. The van der Waals surface area contributed by atoms with E-state index < -0.39 is 40.3 Å². The third-order valence-corrected chi connectivity index (χ3v) is 12.0. The summed E-state index contributed by atoms with van der Waals surface area (Å²) in [5.41, 5.74) is -3.07. The fraction of sp³-hybridized carbons (Fsp3) is 1.00. The lowest BCUT2D eigenvalue weighted by Gasteiger charge is -2.70. The number of hydrogen-bond acceptors (Lipinski definition) is 9. The van der Waals surface area contributed by atoms with Gasteiger partial charge in [-0.2, -0.15) is 0 Å². The molecule has 0 radical (unpaired) electrons. The standard InChI is InChI=1S/C27H45NO8/c1-7-28-12-24(13-32-3)15(29)9-16(33-4)27-14-10-25(31)17(34-5)11-26(36-8-2,18(14)23(25)30)19(22(27)28)20(35-6)21(24)27/h14-23,29-31H,7-13H2,1-6H3/t14?,15?,16?,17-,18?,19?,20?,21?,22-,23?,24-,25-,26+,27?/m0/s1. The van der Waals surface area contributed by atoms with E-state index >= 15 is 0 Å². The molecule has 36 heavy (non-hydrogen) atoms. The Hall–Kier alpha value is -0.360. The Balaban J connectivity index is 1.68. The number of fused-ring (bicyclic) bond motifs is 2. The number of nitrogens with zero attached hydrogens (tertiary/aromatic N) is 1. The maximum Gasteiger partial charge on any atom is 0.117 e. The van der Waals surface area contributed by atoms with Gasteiger partial charge < -0.3 is 39.0 Å². The molecule has 9 nitrogen and oxygen atoms in total. The lowest BCUT2D eigenvalue weighted by molar-refractivity contribution is -0.305. The molecule has 0 aromatic rings. The van der Waals surface area contributed by atoms with Gasteiger partial charge in [-0.15, -0.1) is 0 Å². The Morgan fingerprint density at radius 2 is 1.67 bits per heavy atom. The van der Waals surface area contributed by atoms with Gasteiger partial charge in [-0.1, -0.05) is 6.92 Å². The molecule has 1 saturated heterocycles. The van der Waals surface area contributed by atoms with Crippen molar-refractivity contribution in [2.75, 3.05) is 54.7 Å². The minimum absolute atomic E-state index is 0.0649. The van der Waals surface area contributed by atoms with E-state index in [1.54, 1.807) is 28.4 Å². The molecule has 0 aromatic heterocycles. The summed E-state index contributed by atoms with van der Waals surface area (Å²) in [6.07, 6.45) is -1.18. The first-order valence-corrected chi connectivity index (χ1v) is 13.8. The number of aliphatic hydroxyl groups excluding tert-OH is 2. The van der Waals surface area contributed by atoms with Gasteiger partial charge >= 0.3 is 0 Å². The molecule has 0 aromatic carbocycles. The van der Waals surface area contributed by atoms with Crippen molar-refractivity contribution in [1.82, 2.24) is 4.90 Å². The summed E-state index contributed by atoms with van der Waals surface area (Å²) in [5, 5.41) is 35.7. The Bertz CT molecular complexity index is 877. The Morgan fingerprint density at radius 3 is 2.25 bits per heavy atom. The van der Waals surface area contributed by atoms with Crippen LogP contribution in [0.25, 0.3) is 0 Å². The average Bonchev–Trinajstić information content (AvgIpc) is 3.21. The molecule has 5 saturated carbocycles. The van der Waals surface area contributed by atoms with E-state index in [1.165, 1.54) is 0 Å². The highest BCUT2D eigenvalue weighted by atomic mass is 16.5. The first-order chi connectivity index (χ1) is 17.2. The summed E-state index contributed by atoms with van der Waals surface area (Å²) in [4.78, 5) is 2.51. The fourth-order valence-corrected chi connectivity index (χ4v) is 11.4. The zero-order valence-electron chi connectivity index (χ0n) is 22.6. The van der Waals surface area contributed by atoms with E-state index in [2.05, 4.69) is 11.8 Å². The minimum Gasteiger partial charge on any atom is -0.392 e. The van der Waals surface area contributed by atoms with Crippen molar-refractivity contribution in [2.24, 2.45) is 34.5 Å². The molecule has 9 unspecified atom stereocenters. The number of aliphatic hydroxyl groups is 3. The van der Waals surface area contributed by atoms with Gasteiger partial charge in [-0.3, -0.25) is 4.90 Å². The molecule has 6 aliphatic rings. The first-order valence-electron chi connectivity index (χ1n) is 13.8. The topological polar surface area (TPSA) is 110 Å². The first kappa shape index (κ1) is 25.9. The van der Waals surface area contributed by atoms with Crippen LogP contribution in [0.1, 0.15) is 33.1 Å². The van der Waals surface area contributed by atoms with Crippen LogP contribution in [0.15, 0.2) is 0 Å². The molecule has 6 fully saturated rings. The third kappa shape index (κ3) is 2.55. The Morgan fingerprint density at radius 1 is 0.944 bits per heavy atom. The predicted molar refractivity (Wildman–Crippen MR) is 129 cm³/mol. The molecule has 1 spiro atoms. The monoisotopic (exact) mass is 511 g/mol. The SMILES string of the molecule is CCO[C@]12C[C@H](OC)[C@@]3(O)CC(C1C3O)C13C(OC)CC(O)[C@@]4(COC)CN(CC)[C@H]1C2C(OC)C34. The van der Waals surface area contributed by atoms with Crippen molar-refractivity contribution >= 4 is 0 Å². The highest BCUT2D eigenvalue weighted by molar-refractivity contribution is 5.38. The van der Waals surface area contributed by atoms with Gasteiger partial charge in [0.05, 0.1) is 42.7 Å². The van der Waals surface area contributed by atoms with Crippen LogP contribution in [0.4, 0.5) is 0 Å². The van der Waals surface area contributed by atoms with Crippen LogP contribution >= 0.6 is 0 Å². The van der Waals surface area contributed by atoms with Crippen molar-refractivity contribution in [3.05, 3.63) is 0 Å². The fourth-order valence-electron chi connectivity index (χ4n) is 11.4. The van der Waals surface area contributed by atoms with Crippen LogP contribution in [-0.4, -0.2) is 123 Å². The number of ether oxygens (including phenoxy) is 5. The minimum atomic E-state index is -1.35. The maximum atomic E-state index is 12.0. The number of hydrogen-bond donors (Lipinski definition) is 3. The lowest BCUT2D eigenvalue weighted by Crippen LogP contribution is -2.79. The molecule has 1 heterocycles. The summed E-state index contributed by atoms with van der Waals surface area (Å²) in [5.74, 6) is -0.503. The quantitative estimate of drug-likeness (QED) is 0.423. The second-order valence-electron chi connectivity index (χ2n) is 12.4. The van der Waals surface area contributed by atoms with Gasteiger partial charge in [0.2, 0.25) is 0 Å². The molecular weight excluding hydrogens is 466 g/mol. The molecule has 14 atom stereocenters. The van der Waals surface area contributed by atoms with Gasteiger partial charge in [-0.05, 0) is 25.8 Å². The Labute approximate surface area is 214 Å². The summed E-state index contributed by atoms with van der Waals surface area (Å²) in [7, 11) is 6.85. The van der Waals surface area contributed by atoms with Gasteiger partial charge in [0.15, 0.2) is 0 Å². The van der Waals surface area contributed by atoms with E-state index in [4.69, 9.17) is 23.7 Å². The molecule has 7 bridgehead atoms. The van der Waals surface area contributed by atoms with Crippen molar-refractivity contribution in [2.45, 2.75) is 80.9 Å². The van der Waals surface area contributed by atoms with Crippen molar-refractivity contribution < 1.29 is 39.0 Å². The van der Waals surface area contributed by atoms with Crippen molar-refractivity contribution in [3.8, 4) is 0 Å². The van der Waals surface area contributed by atoms with Crippen LogP contribution in [0.5, 0.6) is 0 Å². The summed E-state index contributed by atoms with van der Waals surface area (Å²) in [6.45, 7) is 6.61. The number of methoxy groups -OCH3 is 4. The summed E-state index contributed by atoms with van der Waals surface area (Å²) in [6, 6.07) is 0.0674. The second-order valence-corrected chi connectivity index (χ2v) is 12.4. The van der Waals surface area contributed by atoms with Crippen molar-refractivity contribution in [3.63, 3.8) is 0 Å². The normalized spacial score (nSPS) is 58.9. The number of likely N-dealkylation sites (tertiary alicyclic amines) is 1.